The van der Waals surface area contributed by atoms with Crippen LogP contribution in [0.1, 0.15) is 26.3 Å². The van der Waals surface area contributed by atoms with E-state index >= 15 is 0 Å². The number of primary sulfonamides is 1. The van der Waals surface area contributed by atoms with Crippen molar-refractivity contribution in [2.24, 2.45) is 5.14 Å². The van der Waals surface area contributed by atoms with Gasteiger partial charge in [-0.2, -0.15) is 0 Å². The van der Waals surface area contributed by atoms with Crippen LogP contribution < -0.4 is 10.5 Å². The first-order chi connectivity index (χ1) is 9.08. The van der Waals surface area contributed by atoms with Crippen LogP contribution in [0.3, 0.4) is 0 Å². The molecule has 0 saturated heterocycles. The first-order valence-electron chi connectivity index (χ1n) is 6.10. The van der Waals surface area contributed by atoms with Crippen LogP contribution in [0.15, 0.2) is 29.2 Å². The average Bonchev–Trinajstić information content (AvgIpc) is 2.32. The summed E-state index contributed by atoms with van der Waals surface area (Å²) in [6, 6.07) is 6.01. The zero-order chi connectivity index (χ0) is 15.4. The van der Waals surface area contributed by atoms with E-state index in [4.69, 9.17) is 9.88 Å². The van der Waals surface area contributed by atoms with Crippen LogP contribution in [0.2, 0.25) is 0 Å². The van der Waals surface area contributed by atoms with E-state index in [1.165, 1.54) is 12.1 Å². The Kier molecular flexibility index (Phi) is 5.27. The van der Waals surface area contributed by atoms with E-state index in [9.17, 15) is 13.2 Å². The van der Waals surface area contributed by atoms with Crippen molar-refractivity contribution >= 4 is 15.9 Å². The summed E-state index contributed by atoms with van der Waals surface area (Å²) in [6.45, 7) is 5.89. The molecule has 0 radical (unpaired) electrons. The molecule has 3 N–H and O–H groups in total. The summed E-state index contributed by atoms with van der Waals surface area (Å²) < 4.78 is 27.5. The first-order valence-corrected chi connectivity index (χ1v) is 7.65. The van der Waals surface area contributed by atoms with Gasteiger partial charge in [0.1, 0.15) is 6.61 Å². The van der Waals surface area contributed by atoms with Crippen LogP contribution in [-0.4, -0.2) is 26.5 Å². The Hall–Kier alpha value is -1.44. The molecule has 1 aromatic rings. The van der Waals surface area contributed by atoms with Crippen molar-refractivity contribution in [3.05, 3.63) is 29.8 Å². The molecule has 20 heavy (non-hydrogen) atoms. The van der Waals surface area contributed by atoms with Crippen molar-refractivity contribution in [3.8, 4) is 0 Å². The summed E-state index contributed by atoms with van der Waals surface area (Å²) in [6.07, 6.45) is 0. The summed E-state index contributed by atoms with van der Waals surface area (Å²) in [7, 11) is -3.68. The zero-order valence-corrected chi connectivity index (χ0v) is 12.7. The van der Waals surface area contributed by atoms with Crippen LogP contribution in [0.5, 0.6) is 0 Å². The van der Waals surface area contributed by atoms with Gasteiger partial charge in [0.25, 0.3) is 0 Å². The number of rotatable bonds is 5. The van der Waals surface area contributed by atoms with Crippen molar-refractivity contribution in [3.63, 3.8) is 0 Å². The minimum atomic E-state index is -3.68. The molecule has 7 heteroatoms. The smallest absolute Gasteiger partial charge is 0.246 e. The van der Waals surface area contributed by atoms with Gasteiger partial charge in [-0.1, -0.05) is 12.1 Å². The van der Waals surface area contributed by atoms with Gasteiger partial charge in [-0.15, -0.1) is 0 Å². The number of amides is 1. The van der Waals surface area contributed by atoms with E-state index in [1.807, 2.05) is 20.8 Å². The molecule has 0 aliphatic heterocycles. The maximum Gasteiger partial charge on any atom is 0.246 e. The monoisotopic (exact) mass is 300 g/mol. The second-order valence-corrected chi connectivity index (χ2v) is 6.93. The minimum absolute atomic E-state index is 0.0151. The van der Waals surface area contributed by atoms with E-state index < -0.39 is 10.0 Å². The molecule has 1 rings (SSSR count). The first kappa shape index (κ1) is 16.6. The molecule has 1 aromatic carbocycles. The van der Waals surface area contributed by atoms with Crippen LogP contribution >= 0.6 is 0 Å². The molecule has 0 spiro atoms. The molecule has 0 unspecified atom stereocenters. The molecule has 1 amide bonds. The number of sulfonamides is 1. The lowest BCUT2D eigenvalue weighted by Crippen LogP contribution is -2.31. The molecule has 0 fully saturated rings. The van der Waals surface area contributed by atoms with Crippen molar-refractivity contribution < 1.29 is 17.9 Å². The third-order valence-corrected chi connectivity index (χ3v) is 3.31. The highest BCUT2D eigenvalue weighted by molar-refractivity contribution is 7.89. The van der Waals surface area contributed by atoms with Gasteiger partial charge in [-0.05, 0) is 38.5 Å². The van der Waals surface area contributed by atoms with Crippen molar-refractivity contribution in [2.45, 2.75) is 37.8 Å². The SMILES string of the molecule is CC(C)(C)OCC(=O)NCc1ccc(S(N)(=O)=O)cc1. The number of nitrogens with one attached hydrogen (secondary N) is 1. The summed E-state index contributed by atoms with van der Waals surface area (Å²) in [5.74, 6) is -0.226. The number of ether oxygens (including phenoxy) is 1. The van der Waals surface area contributed by atoms with Crippen LogP contribution in [0.4, 0.5) is 0 Å². The molecule has 0 atom stereocenters. The maximum absolute atomic E-state index is 11.5. The lowest BCUT2D eigenvalue weighted by atomic mass is 10.2. The van der Waals surface area contributed by atoms with Gasteiger partial charge in [0.15, 0.2) is 0 Å². The highest BCUT2D eigenvalue weighted by Gasteiger charge is 2.12. The predicted octanol–water partition coefficient (Wildman–Crippen LogP) is 0.765. The number of carbonyl (C=O) groups excluding carboxylic acids is 1. The fourth-order valence-corrected chi connectivity index (χ4v) is 1.85. The maximum atomic E-state index is 11.5. The number of hydrogen-bond donors (Lipinski definition) is 2. The van der Waals surface area contributed by atoms with Crippen molar-refractivity contribution in [2.75, 3.05) is 6.61 Å². The van der Waals surface area contributed by atoms with Gasteiger partial charge in [-0.25, -0.2) is 13.6 Å². The van der Waals surface area contributed by atoms with Crippen molar-refractivity contribution in [1.82, 2.24) is 5.32 Å². The lowest BCUT2D eigenvalue weighted by molar-refractivity contribution is -0.130. The Morgan fingerprint density at radius 2 is 1.80 bits per heavy atom. The largest absolute Gasteiger partial charge is 0.366 e. The van der Waals surface area contributed by atoms with Gasteiger partial charge in [0.2, 0.25) is 15.9 Å². The van der Waals surface area contributed by atoms with E-state index in [1.54, 1.807) is 12.1 Å². The van der Waals surface area contributed by atoms with Gasteiger partial charge < -0.3 is 10.1 Å². The molecule has 6 nitrogen and oxygen atoms in total. The number of benzene rings is 1. The Bertz CT molecular complexity index is 559. The molecule has 0 saturated carbocycles. The average molecular weight is 300 g/mol. The zero-order valence-electron chi connectivity index (χ0n) is 11.8. The standard InChI is InChI=1S/C13H20N2O4S/c1-13(2,3)19-9-12(16)15-8-10-4-6-11(7-5-10)20(14,17)18/h4-7H,8-9H2,1-3H3,(H,15,16)(H2,14,17,18). The molecule has 0 heterocycles. The number of hydrogen-bond acceptors (Lipinski definition) is 4. The van der Waals surface area contributed by atoms with Crippen LogP contribution in [0, 0.1) is 0 Å². The second kappa shape index (κ2) is 6.34. The molecule has 0 bridgehead atoms. The molecular formula is C13H20N2O4S. The minimum Gasteiger partial charge on any atom is -0.366 e. The molecule has 112 valence electrons. The third-order valence-electron chi connectivity index (χ3n) is 2.38. The summed E-state index contributed by atoms with van der Waals surface area (Å²) in [5.41, 5.74) is 0.413. The molecule has 0 aromatic heterocycles. The Morgan fingerprint density at radius 3 is 2.25 bits per heavy atom. The Labute approximate surface area is 119 Å². The lowest BCUT2D eigenvalue weighted by Gasteiger charge is -2.19. The van der Waals surface area contributed by atoms with Crippen molar-refractivity contribution in [1.29, 1.82) is 0 Å². The fraction of sp³-hybridized carbons (Fsp3) is 0.462. The summed E-state index contributed by atoms with van der Waals surface area (Å²) in [5, 5.41) is 7.68. The van der Waals surface area contributed by atoms with Gasteiger partial charge in [0.05, 0.1) is 10.5 Å². The van der Waals surface area contributed by atoms with E-state index in [2.05, 4.69) is 5.32 Å². The normalized spacial score (nSPS) is 12.2. The van der Waals surface area contributed by atoms with E-state index in [0.29, 0.717) is 6.54 Å². The van der Waals surface area contributed by atoms with Crippen LogP contribution in [0.25, 0.3) is 0 Å². The fourth-order valence-electron chi connectivity index (χ4n) is 1.33. The van der Waals surface area contributed by atoms with Gasteiger partial charge in [-0.3, -0.25) is 4.79 Å². The Balaban J connectivity index is 2.48. The summed E-state index contributed by atoms with van der Waals surface area (Å²) >= 11 is 0. The highest BCUT2D eigenvalue weighted by atomic mass is 32.2. The molecule has 0 aliphatic carbocycles. The molecular weight excluding hydrogens is 280 g/mol. The highest BCUT2D eigenvalue weighted by Crippen LogP contribution is 2.09. The Morgan fingerprint density at radius 1 is 1.25 bits per heavy atom. The van der Waals surface area contributed by atoms with E-state index in [-0.39, 0.29) is 23.0 Å². The van der Waals surface area contributed by atoms with Gasteiger partial charge in [0, 0.05) is 6.54 Å². The number of carbonyl (C=O) groups is 1. The quantitative estimate of drug-likeness (QED) is 0.839. The predicted molar refractivity (Wildman–Crippen MR) is 75.4 cm³/mol. The second-order valence-electron chi connectivity index (χ2n) is 5.37. The van der Waals surface area contributed by atoms with Crippen LogP contribution in [-0.2, 0) is 26.1 Å². The number of nitrogens with two attached hydrogens (primary N) is 1. The molecule has 0 aliphatic rings. The van der Waals surface area contributed by atoms with E-state index in [0.717, 1.165) is 5.56 Å². The van der Waals surface area contributed by atoms with Gasteiger partial charge >= 0.3 is 0 Å². The topological polar surface area (TPSA) is 98.5 Å². The third kappa shape index (κ3) is 6.14. The summed E-state index contributed by atoms with van der Waals surface area (Å²) in [4.78, 5) is 11.6.